The van der Waals surface area contributed by atoms with Crippen molar-refractivity contribution in [2.75, 3.05) is 19.8 Å². The van der Waals surface area contributed by atoms with Crippen molar-refractivity contribution >= 4 is 13.8 Å². The number of carbonyl (C=O) groups is 1. The van der Waals surface area contributed by atoms with Gasteiger partial charge in [-0.05, 0) is 77.0 Å². The molecule has 6 unspecified atom stereocenters. The molecular formula is C54H99O12P. The first-order valence-electron chi connectivity index (χ1n) is 27.0. The Hall–Kier alpha value is -1.70. The van der Waals surface area contributed by atoms with Gasteiger partial charge in [0, 0.05) is 13.0 Å². The summed E-state index contributed by atoms with van der Waals surface area (Å²) in [7, 11) is -5.03. The highest BCUT2D eigenvalue weighted by atomic mass is 31.2. The van der Waals surface area contributed by atoms with Crippen molar-refractivity contribution in [1.29, 1.82) is 0 Å². The SMILES string of the molecule is CCCCCCC/C=C\C/C=C\C/C=C\CCCCCCCCCCCOCC(COP(=O)(O)OC1C(O)C(O)C(O)C(O)C1O)OC(=O)CCCCCCC/C=C\CCCCCCCCC. The van der Waals surface area contributed by atoms with Crippen molar-refractivity contribution in [2.45, 2.75) is 268 Å². The van der Waals surface area contributed by atoms with Crippen LogP contribution >= 0.6 is 7.82 Å². The molecular weight excluding hydrogens is 872 g/mol. The number of carbonyl (C=O) groups excluding carboxylic acids is 1. The smallest absolute Gasteiger partial charge is 0.457 e. The van der Waals surface area contributed by atoms with Crippen molar-refractivity contribution in [1.82, 2.24) is 0 Å². The summed E-state index contributed by atoms with van der Waals surface area (Å²) in [4.78, 5) is 23.2. The van der Waals surface area contributed by atoms with Crippen LogP contribution in [0.4, 0.5) is 0 Å². The molecule has 1 rings (SSSR count). The van der Waals surface area contributed by atoms with Crippen LogP contribution in [0.25, 0.3) is 0 Å². The maximum absolute atomic E-state index is 12.9. The molecule has 6 N–H and O–H groups in total. The molecule has 0 radical (unpaired) electrons. The van der Waals surface area contributed by atoms with E-state index in [0.717, 1.165) is 83.5 Å². The minimum absolute atomic E-state index is 0.0840. The molecule has 0 aromatic heterocycles. The van der Waals surface area contributed by atoms with Crippen LogP contribution in [-0.4, -0.2) is 98.9 Å². The highest BCUT2D eigenvalue weighted by Crippen LogP contribution is 2.47. The van der Waals surface area contributed by atoms with Crippen molar-refractivity contribution < 1.29 is 58.3 Å². The summed E-state index contributed by atoms with van der Waals surface area (Å²) in [6.07, 6.45) is 43.2. The van der Waals surface area contributed by atoms with E-state index in [1.807, 2.05) is 0 Å². The second-order valence-corrected chi connectivity index (χ2v) is 20.1. The number of allylic oxidation sites excluding steroid dienone is 8. The fourth-order valence-electron chi connectivity index (χ4n) is 8.12. The van der Waals surface area contributed by atoms with Crippen LogP contribution in [0.3, 0.4) is 0 Å². The van der Waals surface area contributed by atoms with Gasteiger partial charge in [-0.2, -0.15) is 0 Å². The zero-order valence-electron chi connectivity index (χ0n) is 42.2. The molecule has 1 aliphatic carbocycles. The van der Waals surface area contributed by atoms with Gasteiger partial charge in [0.2, 0.25) is 0 Å². The van der Waals surface area contributed by atoms with E-state index in [4.69, 9.17) is 18.5 Å². The lowest BCUT2D eigenvalue weighted by Crippen LogP contribution is -2.64. The number of phosphoric acid groups is 1. The van der Waals surface area contributed by atoms with E-state index in [0.29, 0.717) is 13.0 Å². The van der Waals surface area contributed by atoms with Crippen molar-refractivity contribution in [3.05, 3.63) is 48.6 Å². The van der Waals surface area contributed by atoms with Crippen LogP contribution in [0.5, 0.6) is 0 Å². The summed E-state index contributed by atoms with van der Waals surface area (Å²) in [6.45, 7) is 4.25. The van der Waals surface area contributed by atoms with E-state index in [1.165, 1.54) is 116 Å². The van der Waals surface area contributed by atoms with Crippen LogP contribution in [0.1, 0.15) is 226 Å². The summed E-state index contributed by atoms with van der Waals surface area (Å²) >= 11 is 0. The van der Waals surface area contributed by atoms with Crippen molar-refractivity contribution in [2.24, 2.45) is 0 Å². The van der Waals surface area contributed by atoms with Crippen molar-refractivity contribution in [3.63, 3.8) is 0 Å². The zero-order chi connectivity index (χ0) is 49.1. The molecule has 392 valence electrons. The van der Waals surface area contributed by atoms with Crippen LogP contribution in [0.15, 0.2) is 48.6 Å². The van der Waals surface area contributed by atoms with E-state index >= 15 is 0 Å². The maximum atomic E-state index is 12.9. The molecule has 0 amide bonds. The third-order valence-corrected chi connectivity index (χ3v) is 13.4. The first-order chi connectivity index (χ1) is 32.5. The quantitative estimate of drug-likeness (QED) is 0.0147. The molecule has 0 aromatic rings. The number of ether oxygens (including phenoxy) is 2. The monoisotopic (exact) mass is 971 g/mol. The Labute approximate surface area is 407 Å². The fraction of sp³-hybridized carbons (Fsp3) is 0.833. The summed E-state index contributed by atoms with van der Waals surface area (Å²) in [5.41, 5.74) is 0. The lowest BCUT2D eigenvalue weighted by atomic mass is 9.85. The van der Waals surface area contributed by atoms with E-state index in [9.17, 15) is 39.8 Å². The highest BCUT2D eigenvalue weighted by molar-refractivity contribution is 7.47. The van der Waals surface area contributed by atoms with Gasteiger partial charge in [-0.15, -0.1) is 0 Å². The standard InChI is InChI=1S/C54H99O12P/c1-3-5-7-9-11-13-15-17-19-21-22-23-24-25-26-27-28-30-32-34-36-38-40-42-44-63-45-47(46-64-67(61,62)66-54-52(59)50(57)49(56)51(58)53(54)60)65-48(55)43-41-39-37-35-33-31-29-20-18-16-14-12-10-8-6-4-2/h15,17,20-22,24-25,29,47,49-54,56-60H,3-14,16,18-19,23,26-28,30-46H2,1-2H3,(H,61,62)/b17-15-,22-21-,25-24-,29-20-. The Morgan fingerprint density at radius 3 is 1.28 bits per heavy atom. The van der Waals surface area contributed by atoms with Gasteiger partial charge >= 0.3 is 13.8 Å². The number of hydrogen-bond donors (Lipinski definition) is 6. The van der Waals surface area contributed by atoms with Gasteiger partial charge in [-0.1, -0.05) is 191 Å². The zero-order valence-corrected chi connectivity index (χ0v) is 43.1. The molecule has 1 aliphatic rings. The van der Waals surface area contributed by atoms with Gasteiger partial charge in [-0.3, -0.25) is 13.8 Å². The van der Waals surface area contributed by atoms with Crippen LogP contribution in [-0.2, 0) is 27.9 Å². The van der Waals surface area contributed by atoms with Gasteiger partial charge in [0.15, 0.2) is 0 Å². The molecule has 0 aliphatic heterocycles. The largest absolute Gasteiger partial charge is 0.472 e. The van der Waals surface area contributed by atoms with E-state index < -0.39 is 63.1 Å². The number of aliphatic hydroxyl groups excluding tert-OH is 5. The number of rotatable bonds is 46. The molecule has 1 saturated carbocycles. The third-order valence-electron chi connectivity index (χ3n) is 12.4. The van der Waals surface area contributed by atoms with Gasteiger partial charge in [0.25, 0.3) is 0 Å². The summed E-state index contributed by atoms with van der Waals surface area (Å²) in [5.74, 6) is -0.487. The van der Waals surface area contributed by atoms with Crippen LogP contribution in [0.2, 0.25) is 0 Å². The lowest BCUT2D eigenvalue weighted by molar-refractivity contribution is -0.220. The number of esters is 1. The minimum Gasteiger partial charge on any atom is -0.457 e. The first kappa shape index (κ1) is 63.3. The molecule has 13 heteroatoms. The highest BCUT2D eigenvalue weighted by Gasteiger charge is 2.51. The summed E-state index contributed by atoms with van der Waals surface area (Å²) in [6, 6.07) is 0. The second kappa shape index (κ2) is 44.3. The molecule has 1 fully saturated rings. The predicted molar refractivity (Wildman–Crippen MR) is 272 cm³/mol. The van der Waals surface area contributed by atoms with Crippen molar-refractivity contribution in [3.8, 4) is 0 Å². The van der Waals surface area contributed by atoms with E-state index in [1.54, 1.807) is 0 Å². The predicted octanol–water partition coefficient (Wildman–Crippen LogP) is 12.4. The van der Waals surface area contributed by atoms with Gasteiger partial charge < -0.3 is 39.9 Å². The third kappa shape index (κ3) is 36.0. The number of phosphoric ester groups is 1. The summed E-state index contributed by atoms with van der Waals surface area (Å²) < 4.78 is 34.3. The molecule has 6 atom stereocenters. The average molecular weight is 971 g/mol. The molecule has 0 heterocycles. The molecule has 0 spiro atoms. The maximum Gasteiger partial charge on any atom is 0.472 e. The van der Waals surface area contributed by atoms with Gasteiger partial charge in [0.1, 0.15) is 42.7 Å². The molecule has 12 nitrogen and oxygen atoms in total. The molecule has 0 saturated heterocycles. The molecule has 0 bridgehead atoms. The fourth-order valence-corrected chi connectivity index (χ4v) is 9.10. The van der Waals surface area contributed by atoms with E-state index in [2.05, 4.69) is 62.5 Å². The molecule has 0 aromatic carbocycles. The number of hydrogen-bond acceptors (Lipinski definition) is 11. The number of aliphatic hydroxyl groups is 5. The summed E-state index contributed by atoms with van der Waals surface area (Å²) in [5, 5.41) is 50.3. The van der Waals surface area contributed by atoms with Gasteiger partial charge in [0.05, 0.1) is 13.2 Å². The Morgan fingerprint density at radius 1 is 0.478 bits per heavy atom. The van der Waals surface area contributed by atoms with Gasteiger partial charge in [-0.25, -0.2) is 4.57 Å². The topological polar surface area (TPSA) is 192 Å². The minimum atomic E-state index is -5.03. The Kier molecular flexibility index (Phi) is 41.8. The van der Waals surface area contributed by atoms with Crippen LogP contribution < -0.4 is 0 Å². The van der Waals surface area contributed by atoms with Crippen LogP contribution in [0, 0.1) is 0 Å². The Morgan fingerprint density at radius 2 is 0.836 bits per heavy atom. The Bertz CT molecular complexity index is 1290. The Balaban J connectivity index is 2.32. The second-order valence-electron chi connectivity index (χ2n) is 18.7. The lowest BCUT2D eigenvalue weighted by Gasteiger charge is -2.41. The van der Waals surface area contributed by atoms with E-state index in [-0.39, 0.29) is 13.0 Å². The molecule has 67 heavy (non-hydrogen) atoms. The average Bonchev–Trinajstić information content (AvgIpc) is 3.31. The first-order valence-corrected chi connectivity index (χ1v) is 28.5. The normalized spacial score (nSPS) is 21.6. The number of unbranched alkanes of at least 4 members (excludes halogenated alkanes) is 26.